The summed E-state index contributed by atoms with van der Waals surface area (Å²) in [5.41, 5.74) is 1.20. The highest BCUT2D eigenvalue weighted by atomic mass is 19.4. The molecule has 1 N–H and O–H groups in total. The summed E-state index contributed by atoms with van der Waals surface area (Å²) in [6.45, 7) is 7.39. The van der Waals surface area contributed by atoms with Crippen molar-refractivity contribution in [1.29, 1.82) is 0 Å². The number of fused-ring (bicyclic) bond motifs is 4. The maximum Gasteiger partial charge on any atom is 0.416 e. The smallest absolute Gasteiger partial charge is 0.416 e. The van der Waals surface area contributed by atoms with Crippen LogP contribution in [0.4, 0.5) is 18.0 Å². The monoisotopic (exact) mass is 474 g/mol. The number of benzene rings is 2. The van der Waals surface area contributed by atoms with Gasteiger partial charge in [0.15, 0.2) is 0 Å². The lowest BCUT2D eigenvalue weighted by Crippen LogP contribution is -2.53. The topological polar surface area (TPSA) is 50.8 Å². The molecule has 0 radical (unpaired) electrons. The number of rotatable bonds is 3. The summed E-state index contributed by atoms with van der Waals surface area (Å²) in [5.74, 6) is 1.04. The molecule has 34 heavy (non-hydrogen) atoms. The quantitative estimate of drug-likeness (QED) is 0.625. The minimum Gasteiger partial charge on any atom is -0.493 e. The van der Waals surface area contributed by atoms with Gasteiger partial charge in [0.25, 0.3) is 0 Å². The molecule has 4 aliphatic rings. The van der Waals surface area contributed by atoms with E-state index in [9.17, 15) is 18.0 Å². The second-order valence-corrected chi connectivity index (χ2v) is 10.3. The van der Waals surface area contributed by atoms with Crippen molar-refractivity contribution < 1.29 is 27.4 Å². The lowest BCUT2D eigenvalue weighted by molar-refractivity contribution is -0.137. The highest BCUT2D eigenvalue weighted by molar-refractivity contribution is 5.70. The normalized spacial score (nSPS) is 27.4. The van der Waals surface area contributed by atoms with Gasteiger partial charge in [-0.25, -0.2) is 4.79 Å². The third kappa shape index (κ3) is 4.48. The number of alkyl carbamates (subject to hydrolysis) is 1. The van der Waals surface area contributed by atoms with Crippen LogP contribution >= 0.6 is 0 Å². The number of nitrogens with zero attached hydrogens (tertiary/aromatic N) is 1. The van der Waals surface area contributed by atoms with E-state index < -0.39 is 17.8 Å². The van der Waals surface area contributed by atoms with E-state index in [2.05, 4.69) is 10.2 Å². The Morgan fingerprint density at radius 2 is 1.76 bits per heavy atom. The number of carbonyl (C=O) groups excluding carboxylic acids is 1. The molecule has 1 unspecified atom stereocenters. The first-order valence-electron chi connectivity index (χ1n) is 11.7. The first-order valence-corrected chi connectivity index (χ1v) is 11.7. The number of hydrogen-bond acceptors (Lipinski definition) is 4. The summed E-state index contributed by atoms with van der Waals surface area (Å²) in [7, 11) is 0. The maximum atomic E-state index is 12.9. The summed E-state index contributed by atoms with van der Waals surface area (Å²) in [6.07, 6.45) is -2.74. The fraction of sp³-hybridized carbons (Fsp3) is 0.500. The second-order valence-electron chi connectivity index (χ2n) is 10.3. The van der Waals surface area contributed by atoms with Gasteiger partial charge in [0.1, 0.15) is 11.9 Å². The molecule has 0 aliphatic carbocycles. The van der Waals surface area contributed by atoms with E-state index in [1.165, 1.54) is 12.1 Å². The Kier molecular flexibility index (Phi) is 5.74. The molecule has 182 valence electrons. The van der Waals surface area contributed by atoms with Crippen molar-refractivity contribution in [3.05, 3.63) is 53.6 Å². The first kappa shape index (κ1) is 23.0. The molecular weight excluding hydrogens is 445 g/mol. The Balaban J connectivity index is 1.34. The Labute approximate surface area is 197 Å². The highest BCUT2D eigenvalue weighted by Crippen LogP contribution is 2.44. The van der Waals surface area contributed by atoms with Crippen molar-refractivity contribution in [3.8, 4) is 16.9 Å². The van der Waals surface area contributed by atoms with Crippen LogP contribution in [0.25, 0.3) is 11.1 Å². The Morgan fingerprint density at radius 3 is 2.38 bits per heavy atom. The molecule has 4 heterocycles. The van der Waals surface area contributed by atoms with Crippen molar-refractivity contribution >= 4 is 6.09 Å². The number of amides is 1. The van der Waals surface area contributed by atoms with Gasteiger partial charge in [-0.3, -0.25) is 4.90 Å². The summed E-state index contributed by atoms with van der Waals surface area (Å²) in [5, 5.41) is 3.07. The van der Waals surface area contributed by atoms with Crippen LogP contribution in [-0.2, 0) is 10.9 Å². The lowest BCUT2D eigenvalue weighted by atomic mass is 9.78. The van der Waals surface area contributed by atoms with Crippen molar-refractivity contribution in [2.45, 2.75) is 45.0 Å². The van der Waals surface area contributed by atoms with Gasteiger partial charge in [-0.2, -0.15) is 13.2 Å². The van der Waals surface area contributed by atoms with Crippen LogP contribution < -0.4 is 10.1 Å². The molecule has 6 rings (SSSR count). The number of nitrogens with one attached hydrogen (secondary N) is 1. The van der Waals surface area contributed by atoms with Crippen LogP contribution in [0.15, 0.2) is 42.5 Å². The van der Waals surface area contributed by atoms with Crippen molar-refractivity contribution in [2.24, 2.45) is 11.3 Å². The van der Waals surface area contributed by atoms with Crippen LogP contribution in [0.5, 0.6) is 5.75 Å². The molecular formula is C26H29F3N2O3. The number of halogens is 3. The zero-order chi connectivity index (χ0) is 24.1. The summed E-state index contributed by atoms with van der Waals surface area (Å²) < 4.78 is 50.5. The minimum atomic E-state index is -4.37. The van der Waals surface area contributed by atoms with Crippen LogP contribution in [0, 0.1) is 11.3 Å². The van der Waals surface area contributed by atoms with Gasteiger partial charge < -0.3 is 14.8 Å². The summed E-state index contributed by atoms with van der Waals surface area (Å²) in [6, 6.07) is 10.3. The molecule has 2 bridgehead atoms. The van der Waals surface area contributed by atoms with E-state index in [0.29, 0.717) is 23.8 Å². The molecule has 2 aromatic rings. The Morgan fingerprint density at radius 1 is 1.09 bits per heavy atom. The van der Waals surface area contributed by atoms with Crippen molar-refractivity contribution in [2.75, 3.05) is 26.2 Å². The molecule has 0 saturated carbocycles. The predicted molar refractivity (Wildman–Crippen MR) is 121 cm³/mol. The molecule has 1 amide bonds. The largest absolute Gasteiger partial charge is 0.493 e. The summed E-state index contributed by atoms with van der Waals surface area (Å²) >= 11 is 0. The highest BCUT2D eigenvalue weighted by Gasteiger charge is 2.41. The average Bonchev–Trinajstić information content (AvgIpc) is 2.81. The van der Waals surface area contributed by atoms with Crippen LogP contribution in [0.3, 0.4) is 0 Å². The average molecular weight is 475 g/mol. The lowest BCUT2D eigenvalue weighted by Gasteiger charge is -2.44. The summed E-state index contributed by atoms with van der Waals surface area (Å²) in [4.78, 5) is 15.2. The van der Waals surface area contributed by atoms with E-state index in [4.69, 9.17) is 9.47 Å². The number of ether oxygens (including phenoxy) is 2. The van der Waals surface area contributed by atoms with Crippen LogP contribution in [-0.4, -0.2) is 43.3 Å². The molecule has 4 aliphatic heterocycles. The minimum absolute atomic E-state index is 0.0769. The molecule has 8 heteroatoms. The van der Waals surface area contributed by atoms with E-state index in [-0.39, 0.29) is 17.6 Å². The SMILES string of the molecule is CC1(C)COc2cc(-c3ccc(C(F)(F)F)cc3)ccc2C1NC(=O)O[C@H]1CN2CCC1CC2. The van der Waals surface area contributed by atoms with Gasteiger partial charge in [0.05, 0.1) is 18.2 Å². The van der Waals surface area contributed by atoms with Crippen molar-refractivity contribution in [1.82, 2.24) is 10.2 Å². The van der Waals surface area contributed by atoms with Crippen LogP contribution in [0.1, 0.15) is 43.9 Å². The molecule has 5 nitrogen and oxygen atoms in total. The van der Waals surface area contributed by atoms with Gasteiger partial charge in [0, 0.05) is 17.5 Å². The standard InChI is InChI=1S/C26H29F3N2O3/c1-25(2)15-33-21-13-18(16-3-6-19(7-4-16)26(27,28)29)5-8-20(21)23(25)30-24(32)34-22-14-31-11-9-17(22)10-12-31/h3-8,13,17,22-23H,9-12,14-15H2,1-2H3,(H,30,32)/t22-,23?/m0/s1. The number of carbonyl (C=O) groups is 1. The Bertz CT molecular complexity index is 1060. The third-order valence-electron chi connectivity index (χ3n) is 7.37. The van der Waals surface area contributed by atoms with Gasteiger partial charge in [-0.05, 0) is 61.2 Å². The second kappa shape index (κ2) is 8.48. The first-order chi connectivity index (χ1) is 16.1. The van der Waals surface area contributed by atoms with E-state index in [0.717, 1.165) is 55.7 Å². The van der Waals surface area contributed by atoms with E-state index >= 15 is 0 Å². The Hall–Kier alpha value is -2.74. The molecule has 3 saturated heterocycles. The maximum absolute atomic E-state index is 12.9. The molecule has 2 atom stereocenters. The molecule has 0 spiro atoms. The van der Waals surface area contributed by atoms with E-state index in [1.54, 1.807) is 0 Å². The molecule has 0 aromatic heterocycles. The van der Waals surface area contributed by atoms with Gasteiger partial charge in [0.2, 0.25) is 0 Å². The number of piperidine rings is 3. The zero-order valence-electron chi connectivity index (χ0n) is 19.3. The van der Waals surface area contributed by atoms with Crippen LogP contribution in [0.2, 0.25) is 0 Å². The number of alkyl halides is 3. The van der Waals surface area contributed by atoms with Gasteiger partial charge >= 0.3 is 12.3 Å². The fourth-order valence-corrected chi connectivity index (χ4v) is 5.30. The zero-order valence-corrected chi connectivity index (χ0v) is 19.3. The van der Waals surface area contributed by atoms with E-state index in [1.807, 2.05) is 32.0 Å². The van der Waals surface area contributed by atoms with Gasteiger partial charge in [-0.1, -0.05) is 38.1 Å². The third-order valence-corrected chi connectivity index (χ3v) is 7.37. The molecule has 3 fully saturated rings. The molecule has 2 aromatic carbocycles. The predicted octanol–water partition coefficient (Wildman–Crippen LogP) is 5.65. The van der Waals surface area contributed by atoms with Gasteiger partial charge in [-0.15, -0.1) is 0 Å². The fourth-order valence-electron chi connectivity index (χ4n) is 5.30. The number of hydrogen-bond donors (Lipinski definition) is 1. The van der Waals surface area contributed by atoms with Crippen molar-refractivity contribution in [3.63, 3.8) is 0 Å².